The molecule has 3 rings (SSSR count). The van der Waals surface area contributed by atoms with Crippen LogP contribution in [-0.2, 0) is 9.53 Å². The lowest BCUT2D eigenvalue weighted by Crippen LogP contribution is -2.36. The van der Waals surface area contributed by atoms with Gasteiger partial charge in [0.15, 0.2) is 0 Å². The molecule has 0 spiro atoms. The van der Waals surface area contributed by atoms with Crippen molar-refractivity contribution in [3.63, 3.8) is 0 Å². The van der Waals surface area contributed by atoms with Crippen molar-refractivity contribution < 1.29 is 9.53 Å². The lowest BCUT2D eigenvalue weighted by molar-refractivity contribution is -0.115. The highest BCUT2D eigenvalue weighted by Gasteiger charge is 2.18. The number of hydrogen-bond acceptors (Lipinski definition) is 4. The molecule has 26 heavy (non-hydrogen) atoms. The van der Waals surface area contributed by atoms with Gasteiger partial charge in [0.25, 0.3) is 0 Å². The summed E-state index contributed by atoms with van der Waals surface area (Å²) in [6.07, 6.45) is 0.755. The zero-order valence-electron chi connectivity index (χ0n) is 14.8. The van der Waals surface area contributed by atoms with Crippen molar-refractivity contribution in [3.8, 4) is 0 Å². The van der Waals surface area contributed by atoms with Crippen LogP contribution in [0.2, 0.25) is 5.02 Å². The van der Waals surface area contributed by atoms with Crippen LogP contribution in [0.5, 0.6) is 0 Å². The number of carbonyl (C=O) groups excluding carboxylic acids is 1. The minimum absolute atomic E-state index is 0.0200. The zero-order chi connectivity index (χ0) is 18.4. The van der Waals surface area contributed by atoms with Gasteiger partial charge in [-0.25, -0.2) is 0 Å². The second-order valence-corrected chi connectivity index (χ2v) is 7.82. The molecule has 1 fully saturated rings. The molecule has 1 aliphatic rings. The van der Waals surface area contributed by atoms with E-state index in [2.05, 4.69) is 10.2 Å². The monoisotopic (exact) mass is 390 g/mol. The highest BCUT2D eigenvalue weighted by molar-refractivity contribution is 8.00. The Bertz CT molecular complexity index is 716. The highest BCUT2D eigenvalue weighted by atomic mass is 35.5. The molecule has 1 saturated heterocycles. The number of morpholine rings is 1. The summed E-state index contributed by atoms with van der Waals surface area (Å²) in [4.78, 5) is 15.9. The molecule has 0 saturated carbocycles. The fraction of sp³-hybridized carbons (Fsp3) is 0.350. The predicted octanol–water partition coefficient (Wildman–Crippen LogP) is 4.69. The van der Waals surface area contributed by atoms with Crippen LogP contribution in [0.1, 0.15) is 13.3 Å². The summed E-state index contributed by atoms with van der Waals surface area (Å²) < 4.78 is 5.38. The Morgan fingerprint density at radius 1 is 1.15 bits per heavy atom. The number of amides is 1. The molecule has 2 aromatic rings. The molecule has 1 aliphatic heterocycles. The van der Waals surface area contributed by atoms with E-state index in [-0.39, 0.29) is 11.2 Å². The minimum atomic E-state index is -0.143. The number of hydrogen-bond donors (Lipinski definition) is 1. The third-order valence-electron chi connectivity index (χ3n) is 4.27. The molecular formula is C20H23ClN2O2S. The molecule has 1 amide bonds. The molecule has 1 heterocycles. The summed E-state index contributed by atoms with van der Waals surface area (Å²) in [5, 5.41) is 3.58. The molecule has 2 aromatic carbocycles. The van der Waals surface area contributed by atoms with E-state index in [0.717, 1.165) is 49.0 Å². The first-order valence-electron chi connectivity index (χ1n) is 8.81. The van der Waals surface area contributed by atoms with E-state index in [1.165, 1.54) is 0 Å². The Morgan fingerprint density at radius 3 is 2.42 bits per heavy atom. The zero-order valence-corrected chi connectivity index (χ0v) is 16.4. The average Bonchev–Trinajstić information content (AvgIpc) is 2.68. The molecule has 1 N–H and O–H groups in total. The van der Waals surface area contributed by atoms with Gasteiger partial charge in [0.1, 0.15) is 0 Å². The third-order valence-corrected chi connectivity index (χ3v) is 5.89. The standard InChI is InChI=1S/C20H23ClN2O2S/c1-2-19(26-18-9-3-15(21)4-10-18)20(24)22-16-5-7-17(8-6-16)23-11-13-25-14-12-23/h3-10,19H,2,11-14H2,1H3,(H,22,24)/t19-/m1/s1. The van der Waals surface area contributed by atoms with Gasteiger partial charge in [-0.05, 0) is 55.0 Å². The number of nitrogens with one attached hydrogen (secondary N) is 1. The maximum Gasteiger partial charge on any atom is 0.237 e. The van der Waals surface area contributed by atoms with Gasteiger partial charge in [0.05, 0.1) is 18.5 Å². The normalized spacial score (nSPS) is 15.5. The quantitative estimate of drug-likeness (QED) is 0.727. The van der Waals surface area contributed by atoms with Crippen LogP contribution in [0, 0.1) is 0 Å². The van der Waals surface area contributed by atoms with Crippen molar-refractivity contribution >= 4 is 40.6 Å². The number of benzene rings is 2. The third kappa shape index (κ3) is 5.16. The summed E-state index contributed by atoms with van der Waals surface area (Å²) in [7, 11) is 0. The number of ether oxygens (including phenoxy) is 1. The second-order valence-electron chi connectivity index (χ2n) is 6.10. The van der Waals surface area contributed by atoms with Gasteiger partial charge in [0.2, 0.25) is 5.91 Å². The smallest absolute Gasteiger partial charge is 0.237 e. The van der Waals surface area contributed by atoms with Crippen LogP contribution in [0.3, 0.4) is 0 Å². The van der Waals surface area contributed by atoms with E-state index >= 15 is 0 Å². The number of nitrogens with zero attached hydrogens (tertiary/aromatic N) is 1. The van der Waals surface area contributed by atoms with Gasteiger partial charge >= 0.3 is 0 Å². The lowest BCUT2D eigenvalue weighted by Gasteiger charge is -2.29. The number of halogens is 1. The Hall–Kier alpha value is -1.69. The summed E-state index contributed by atoms with van der Waals surface area (Å²) in [6.45, 7) is 5.36. The van der Waals surface area contributed by atoms with E-state index in [1.54, 1.807) is 11.8 Å². The van der Waals surface area contributed by atoms with Crippen LogP contribution >= 0.6 is 23.4 Å². The summed E-state index contributed by atoms with van der Waals surface area (Å²) in [5.41, 5.74) is 1.98. The van der Waals surface area contributed by atoms with Gasteiger partial charge in [-0.1, -0.05) is 18.5 Å². The van der Waals surface area contributed by atoms with Crippen LogP contribution in [0.4, 0.5) is 11.4 Å². The molecule has 0 radical (unpaired) electrons. The average molecular weight is 391 g/mol. The lowest BCUT2D eigenvalue weighted by atomic mass is 10.2. The Labute approximate surface area is 163 Å². The van der Waals surface area contributed by atoms with E-state index in [1.807, 2.05) is 55.5 Å². The largest absolute Gasteiger partial charge is 0.378 e. The van der Waals surface area contributed by atoms with Crippen molar-refractivity contribution in [2.75, 3.05) is 36.5 Å². The van der Waals surface area contributed by atoms with Crippen LogP contribution in [-0.4, -0.2) is 37.5 Å². The van der Waals surface area contributed by atoms with Crippen LogP contribution in [0.15, 0.2) is 53.4 Å². The Kier molecular flexibility index (Phi) is 6.83. The van der Waals surface area contributed by atoms with Crippen LogP contribution in [0.25, 0.3) is 0 Å². The van der Waals surface area contributed by atoms with Crippen molar-refractivity contribution in [1.82, 2.24) is 0 Å². The number of anilines is 2. The van der Waals surface area contributed by atoms with E-state index in [9.17, 15) is 4.79 Å². The molecule has 138 valence electrons. The first kappa shape index (κ1) is 19.1. The summed E-state index contributed by atoms with van der Waals surface area (Å²) in [5.74, 6) is 0.0200. The Morgan fingerprint density at radius 2 is 1.81 bits per heavy atom. The molecule has 0 aliphatic carbocycles. The Balaban J connectivity index is 1.59. The van der Waals surface area contributed by atoms with Gasteiger partial charge in [-0.15, -0.1) is 11.8 Å². The number of rotatable bonds is 6. The summed E-state index contributed by atoms with van der Waals surface area (Å²) in [6, 6.07) is 15.6. The maximum atomic E-state index is 12.6. The first-order valence-corrected chi connectivity index (χ1v) is 10.1. The highest BCUT2D eigenvalue weighted by Crippen LogP contribution is 2.28. The molecule has 0 bridgehead atoms. The molecule has 0 unspecified atom stereocenters. The second kappa shape index (κ2) is 9.31. The predicted molar refractivity (Wildman–Crippen MR) is 109 cm³/mol. The van der Waals surface area contributed by atoms with Crippen molar-refractivity contribution in [3.05, 3.63) is 53.6 Å². The SMILES string of the molecule is CC[C@@H](Sc1ccc(Cl)cc1)C(=O)Nc1ccc(N2CCOCC2)cc1. The van der Waals surface area contributed by atoms with Gasteiger partial charge in [0, 0.05) is 34.4 Å². The fourth-order valence-corrected chi connectivity index (χ4v) is 3.88. The van der Waals surface area contributed by atoms with Gasteiger partial charge in [-0.2, -0.15) is 0 Å². The maximum absolute atomic E-state index is 12.6. The first-order chi connectivity index (χ1) is 12.7. The van der Waals surface area contributed by atoms with Crippen molar-refractivity contribution in [1.29, 1.82) is 0 Å². The van der Waals surface area contributed by atoms with E-state index in [0.29, 0.717) is 5.02 Å². The van der Waals surface area contributed by atoms with Crippen LogP contribution < -0.4 is 10.2 Å². The van der Waals surface area contributed by atoms with Gasteiger partial charge < -0.3 is 15.0 Å². The van der Waals surface area contributed by atoms with Gasteiger partial charge in [-0.3, -0.25) is 4.79 Å². The molecule has 1 atom stereocenters. The van der Waals surface area contributed by atoms with Crippen molar-refractivity contribution in [2.24, 2.45) is 0 Å². The van der Waals surface area contributed by atoms with E-state index in [4.69, 9.17) is 16.3 Å². The fourth-order valence-electron chi connectivity index (χ4n) is 2.80. The number of carbonyl (C=O) groups is 1. The van der Waals surface area contributed by atoms with Crippen molar-refractivity contribution in [2.45, 2.75) is 23.5 Å². The van der Waals surface area contributed by atoms with E-state index < -0.39 is 0 Å². The number of thioether (sulfide) groups is 1. The molecule has 4 nitrogen and oxygen atoms in total. The molecule has 6 heteroatoms. The molecule has 0 aromatic heterocycles. The summed E-state index contributed by atoms with van der Waals surface area (Å²) >= 11 is 7.48. The topological polar surface area (TPSA) is 41.6 Å². The minimum Gasteiger partial charge on any atom is -0.378 e. The molecular weight excluding hydrogens is 368 g/mol.